The molecule has 1 saturated carbocycles. The van der Waals surface area contributed by atoms with Crippen LogP contribution in [0.4, 0.5) is 5.69 Å². The number of nitrogens with zero attached hydrogens (tertiary/aromatic N) is 3. The van der Waals surface area contributed by atoms with E-state index in [1.54, 1.807) is 5.56 Å². The summed E-state index contributed by atoms with van der Waals surface area (Å²) in [6.07, 6.45) is 6.34. The second-order valence-corrected chi connectivity index (χ2v) is 10.6. The van der Waals surface area contributed by atoms with Crippen molar-refractivity contribution in [3.63, 3.8) is 0 Å². The molecule has 4 rings (SSSR count). The topological polar surface area (TPSA) is 26.8 Å². The minimum atomic E-state index is 0.116. The number of carbonyl (C=O) groups is 1. The molecule has 3 fully saturated rings. The number of amides is 1. The van der Waals surface area contributed by atoms with Crippen LogP contribution in [-0.4, -0.2) is 61.5 Å². The van der Waals surface area contributed by atoms with Crippen LogP contribution < -0.4 is 4.90 Å². The van der Waals surface area contributed by atoms with Crippen molar-refractivity contribution in [2.24, 2.45) is 11.3 Å². The van der Waals surface area contributed by atoms with Gasteiger partial charge in [-0.1, -0.05) is 39.0 Å². The lowest BCUT2D eigenvalue weighted by Gasteiger charge is -2.41. The van der Waals surface area contributed by atoms with Gasteiger partial charge in [0, 0.05) is 45.5 Å². The van der Waals surface area contributed by atoms with Crippen molar-refractivity contribution in [2.45, 2.75) is 64.8 Å². The molecule has 160 valence electrons. The molecule has 0 bridgehead atoms. The average Bonchev–Trinajstić information content (AvgIpc) is 3.06. The van der Waals surface area contributed by atoms with E-state index >= 15 is 0 Å². The lowest BCUT2D eigenvalue weighted by Crippen LogP contribution is -2.52. The van der Waals surface area contributed by atoms with Crippen molar-refractivity contribution in [3.05, 3.63) is 29.8 Å². The molecule has 0 N–H and O–H groups in total. The predicted octanol–water partition coefficient (Wildman–Crippen LogP) is 4.36. The first-order valence-corrected chi connectivity index (χ1v) is 11.7. The smallest absolute Gasteiger partial charge is 0.239 e. The van der Waals surface area contributed by atoms with Gasteiger partial charge in [0.1, 0.15) is 0 Å². The Bertz CT molecular complexity index is 709. The number of anilines is 1. The first kappa shape index (κ1) is 20.7. The normalized spacial score (nSPS) is 29.5. The highest BCUT2D eigenvalue weighted by Gasteiger charge is 2.36. The predicted molar refractivity (Wildman–Crippen MR) is 120 cm³/mol. The van der Waals surface area contributed by atoms with Gasteiger partial charge in [-0.3, -0.25) is 9.69 Å². The van der Waals surface area contributed by atoms with Gasteiger partial charge in [0.25, 0.3) is 0 Å². The van der Waals surface area contributed by atoms with Crippen LogP contribution in [-0.2, 0) is 4.79 Å². The van der Waals surface area contributed by atoms with Gasteiger partial charge in [0.05, 0.1) is 6.04 Å². The van der Waals surface area contributed by atoms with Crippen molar-refractivity contribution in [1.29, 1.82) is 0 Å². The molecule has 1 amide bonds. The summed E-state index contributed by atoms with van der Waals surface area (Å²) in [4.78, 5) is 19.3. The quantitative estimate of drug-likeness (QED) is 0.758. The van der Waals surface area contributed by atoms with Crippen LogP contribution in [0.2, 0.25) is 0 Å². The van der Waals surface area contributed by atoms with E-state index in [9.17, 15) is 4.79 Å². The molecule has 2 heterocycles. The zero-order valence-electron chi connectivity index (χ0n) is 18.9. The number of likely N-dealkylation sites (tertiary alicyclic amines) is 1. The number of hydrogen-bond acceptors (Lipinski definition) is 3. The Morgan fingerprint density at radius 2 is 1.52 bits per heavy atom. The monoisotopic (exact) mass is 397 g/mol. The highest BCUT2D eigenvalue weighted by Crippen LogP contribution is 2.45. The first-order valence-electron chi connectivity index (χ1n) is 11.7. The van der Waals surface area contributed by atoms with Gasteiger partial charge < -0.3 is 9.80 Å². The van der Waals surface area contributed by atoms with Gasteiger partial charge in [0.2, 0.25) is 5.91 Å². The summed E-state index contributed by atoms with van der Waals surface area (Å²) >= 11 is 0. The summed E-state index contributed by atoms with van der Waals surface area (Å²) in [5.41, 5.74) is 3.44. The maximum absolute atomic E-state index is 12.4. The van der Waals surface area contributed by atoms with E-state index in [0.29, 0.717) is 17.2 Å². The first-order chi connectivity index (χ1) is 13.8. The molecule has 2 aliphatic heterocycles. The Balaban J connectivity index is 1.40. The lowest BCUT2D eigenvalue weighted by atomic mass is 9.68. The number of likely N-dealkylation sites (N-methyl/N-ethyl adjacent to an activating group) is 1. The zero-order chi connectivity index (χ0) is 20.6. The molecule has 0 aromatic heterocycles. The Hall–Kier alpha value is -1.55. The summed E-state index contributed by atoms with van der Waals surface area (Å²) in [7, 11) is 1.93. The summed E-state index contributed by atoms with van der Waals surface area (Å²) in [6, 6.07) is 9.23. The molecule has 4 nitrogen and oxygen atoms in total. The van der Waals surface area contributed by atoms with Crippen LogP contribution in [0.25, 0.3) is 0 Å². The third-order valence-electron chi connectivity index (χ3n) is 7.82. The fraction of sp³-hybridized carbons (Fsp3) is 0.720. The highest BCUT2D eigenvalue weighted by atomic mass is 16.2. The second-order valence-electron chi connectivity index (χ2n) is 10.6. The number of hydrogen-bond donors (Lipinski definition) is 0. The number of para-hydroxylation sites is 1. The lowest BCUT2D eigenvalue weighted by molar-refractivity contribution is -0.131. The van der Waals surface area contributed by atoms with Crippen molar-refractivity contribution < 1.29 is 4.79 Å². The van der Waals surface area contributed by atoms with Crippen molar-refractivity contribution >= 4 is 11.6 Å². The molecule has 1 aromatic carbocycles. The number of piperazine rings is 1. The third-order valence-corrected chi connectivity index (χ3v) is 7.82. The Labute approximate surface area is 177 Å². The Kier molecular flexibility index (Phi) is 5.92. The highest BCUT2D eigenvalue weighted by molar-refractivity contribution is 5.83. The van der Waals surface area contributed by atoms with Gasteiger partial charge in [0.15, 0.2) is 0 Å². The van der Waals surface area contributed by atoms with Crippen LogP contribution in [0.15, 0.2) is 24.3 Å². The standard InChI is InChI=1S/C25H39N3O/c1-25(2,3)20-11-9-19(10-12-20)21-7-5-6-8-22(21)27-15-17-28(18-16-27)23-13-14-26(4)24(23)29/h5-8,19-20,23H,9-18H2,1-4H3. The maximum atomic E-state index is 12.4. The van der Waals surface area contributed by atoms with Gasteiger partial charge in [-0.2, -0.15) is 0 Å². The molecule has 1 atom stereocenters. The summed E-state index contributed by atoms with van der Waals surface area (Å²) in [6.45, 7) is 12.2. The van der Waals surface area contributed by atoms with E-state index in [1.165, 1.54) is 31.4 Å². The summed E-state index contributed by atoms with van der Waals surface area (Å²) in [5.74, 6) is 1.87. The largest absolute Gasteiger partial charge is 0.369 e. The van der Waals surface area contributed by atoms with Crippen LogP contribution in [0.5, 0.6) is 0 Å². The molecule has 0 spiro atoms. The van der Waals surface area contributed by atoms with Gasteiger partial charge in [-0.25, -0.2) is 0 Å². The third kappa shape index (κ3) is 4.33. The SMILES string of the molecule is CN1CCC(N2CCN(c3ccccc3C3CCC(C(C)(C)C)CC3)CC2)C1=O. The van der Waals surface area contributed by atoms with Gasteiger partial charge in [-0.05, 0) is 61.0 Å². The van der Waals surface area contributed by atoms with Crippen molar-refractivity contribution in [3.8, 4) is 0 Å². The van der Waals surface area contributed by atoms with E-state index in [-0.39, 0.29) is 6.04 Å². The van der Waals surface area contributed by atoms with Crippen LogP contribution in [0.3, 0.4) is 0 Å². The second kappa shape index (κ2) is 8.29. The molecule has 1 aliphatic carbocycles. The van der Waals surface area contributed by atoms with E-state index in [1.807, 2.05) is 11.9 Å². The average molecular weight is 398 g/mol. The van der Waals surface area contributed by atoms with E-state index in [0.717, 1.165) is 45.1 Å². The minimum Gasteiger partial charge on any atom is -0.369 e. The molecule has 1 unspecified atom stereocenters. The molecule has 4 heteroatoms. The van der Waals surface area contributed by atoms with Gasteiger partial charge in [-0.15, -0.1) is 0 Å². The fourth-order valence-corrected chi connectivity index (χ4v) is 5.81. The molecule has 0 radical (unpaired) electrons. The Morgan fingerprint density at radius 3 is 2.10 bits per heavy atom. The molecule has 1 aromatic rings. The molecular weight excluding hydrogens is 358 g/mol. The fourth-order valence-electron chi connectivity index (χ4n) is 5.81. The van der Waals surface area contributed by atoms with E-state index < -0.39 is 0 Å². The maximum Gasteiger partial charge on any atom is 0.239 e. The summed E-state index contributed by atoms with van der Waals surface area (Å²) in [5, 5.41) is 0. The van der Waals surface area contributed by atoms with Gasteiger partial charge >= 0.3 is 0 Å². The minimum absolute atomic E-state index is 0.116. The summed E-state index contributed by atoms with van der Waals surface area (Å²) < 4.78 is 0. The number of benzene rings is 1. The number of rotatable bonds is 3. The zero-order valence-corrected chi connectivity index (χ0v) is 18.9. The number of carbonyl (C=O) groups excluding carboxylic acids is 1. The molecule has 3 aliphatic rings. The molecule has 2 saturated heterocycles. The van der Waals surface area contributed by atoms with E-state index in [4.69, 9.17) is 0 Å². The van der Waals surface area contributed by atoms with E-state index in [2.05, 4.69) is 54.8 Å². The van der Waals surface area contributed by atoms with Crippen molar-refractivity contribution in [1.82, 2.24) is 9.80 Å². The molecular formula is C25H39N3O. The molecule has 29 heavy (non-hydrogen) atoms. The van der Waals surface area contributed by atoms with Crippen LogP contribution in [0.1, 0.15) is 64.4 Å². The Morgan fingerprint density at radius 1 is 0.862 bits per heavy atom. The van der Waals surface area contributed by atoms with Crippen LogP contribution in [0, 0.1) is 11.3 Å². The van der Waals surface area contributed by atoms with Crippen molar-refractivity contribution in [2.75, 3.05) is 44.7 Å². The van der Waals surface area contributed by atoms with Crippen LogP contribution >= 0.6 is 0 Å².